The van der Waals surface area contributed by atoms with E-state index in [1.807, 2.05) is 0 Å². The highest BCUT2D eigenvalue weighted by molar-refractivity contribution is 7.94. The van der Waals surface area contributed by atoms with E-state index in [2.05, 4.69) is 15.0 Å². The van der Waals surface area contributed by atoms with Crippen molar-refractivity contribution >= 4 is 49.4 Å². The van der Waals surface area contributed by atoms with Gasteiger partial charge in [-0.15, -0.1) is 22.7 Å². The van der Waals surface area contributed by atoms with Crippen LogP contribution in [-0.4, -0.2) is 19.3 Å². The van der Waals surface area contributed by atoms with Crippen LogP contribution in [0, 0.1) is 0 Å². The fourth-order valence-corrected chi connectivity index (χ4v) is 4.34. The molecule has 0 aliphatic carbocycles. The maximum absolute atomic E-state index is 12.1. The Morgan fingerprint density at radius 2 is 1.83 bits per heavy atom. The number of anilines is 2. The van der Waals surface area contributed by atoms with Crippen molar-refractivity contribution in [2.75, 3.05) is 10.0 Å². The fraction of sp³-hybridized carbons (Fsp3) is 0. The number of aromatic nitrogens is 1. The van der Waals surface area contributed by atoms with E-state index >= 15 is 0 Å². The Kier molecular flexibility index (Phi) is 4.42. The van der Waals surface area contributed by atoms with E-state index in [9.17, 15) is 13.2 Å². The third-order valence-corrected chi connectivity index (χ3v) is 6.28. The van der Waals surface area contributed by atoms with Gasteiger partial charge in [0.05, 0.1) is 0 Å². The number of carbonyl (C=O) groups excluding carboxylic acids is 1. The maximum atomic E-state index is 12.1. The van der Waals surface area contributed by atoms with Crippen molar-refractivity contribution in [3.8, 4) is 0 Å². The van der Waals surface area contributed by atoms with Crippen LogP contribution < -0.4 is 10.0 Å². The van der Waals surface area contributed by atoms with Crippen LogP contribution in [0.25, 0.3) is 0 Å². The number of hydrogen-bond acceptors (Lipinski definition) is 6. The van der Waals surface area contributed by atoms with Gasteiger partial charge in [-0.25, -0.2) is 13.4 Å². The molecule has 3 aromatic rings. The molecule has 6 nitrogen and oxygen atoms in total. The van der Waals surface area contributed by atoms with E-state index in [1.54, 1.807) is 47.3 Å². The third-order valence-electron chi connectivity index (χ3n) is 2.81. The summed E-state index contributed by atoms with van der Waals surface area (Å²) in [5, 5.41) is 6.63. The van der Waals surface area contributed by atoms with Crippen LogP contribution in [-0.2, 0) is 10.0 Å². The highest BCUT2D eigenvalue weighted by Crippen LogP contribution is 2.21. The van der Waals surface area contributed by atoms with Crippen LogP contribution in [0.2, 0.25) is 0 Å². The van der Waals surface area contributed by atoms with Gasteiger partial charge >= 0.3 is 0 Å². The Morgan fingerprint density at radius 1 is 1.04 bits per heavy atom. The fourth-order valence-electron chi connectivity index (χ4n) is 1.77. The second kappa shape index (κ2) is 6.49. The Bertz CT molecular complexity index is 887. The van der Waals surface area contributed by atoms with Gasteiger partial charge in [0.2, 0.25) is 0 Å². The molecule has 23 heavy (non-hydrogen) atoms. The van der Waals surface area contributed by atoms with E-state index in [1.165, 1.54) is 17.4 Å². The van der Waals surface area contributed by atoms with Crippen molar-refractivity contribution in [2.45, 2.75) is 4.21 Å². The zero-order chi connectivity index (χ0) is 16.3. The molecular weight excluding hydrogens is 354 g/mol. The van der Waals surface area contributed by atoms with Crippen LogP contribution >= 0.6 is 22.7 Å². The molecule has 1 amide bonds. The van der Waals surface area contributed by atoms with Gasteiger partial charge in [0, 0.05) is 22.8 Å². The molecule has 0 radical (unpaired) electrons. The second-order valence-corrected chi connectivity index (χ2v) is 8.16. The van der Waals surface area contributed by atoms with Gasteiger partial charge in [-0.3, -0.25) is 14.8 Å². The van der Waals surface area contributed by atoms with Crippen molar-refractivity contribution in [2.24, 2.45) is 0 Å². The number of hydrogen-bond donors (Lipinski definition) is 2. The number of thiophene rings is 1. The number of rotatable bonds is 5. The Hall–Kier alpha value is -2.23. The van der Waals surface area contributed by atoms with Gasteiger partial charge in [-0.2, -0.15) is 0 Å². The summed E-state index contributed by atoms with van der Waals surface area (Å²) in [6.45, 7) is 0. The number of sulfonamides is 1. The smallest absolute Gasteiger partial charge is 0.271 e. The molecule has 2 N–H and O–H groups in total. The summed E-state index contributed by atoms with van der Waals surface area (Å²) in [5.74, 6) is -0.299. The number of thiazole rings is 1. The van der Waals surface area contributed by atoms with Crippen molar-refractivity contribution < 1.29 is 13.2 Å². The number of nitrogens with one attached hydrogen (secondary N) is 2. The number of amides is 1. The second-order valence-electron chi connectivity index (χ2n) is 4.41. The Morgan fingerprint density at radius 3 is 2.43 bits per heavy atom. The third kappa shape index (κ3) is 3.76. The molecule has 0 saturated carbocycles. The largest absolute Gasteiger partial charge is 0.298 e. The van der Waals surface area contributed by atoms with Crippen molar-refractivity contribution in [1.29, 1.82) is 0 Å². The maximum Gasteiger partial charge on any atom is 0.271 e. The van der Waals surface area contributed by atoms with Crippen molar-refractivity contribution in [1.82, 2.24) is 4.98 Å². The Balaban J connectivity index is 1.71. The first kappa shape index (κ1) is 15.7. The van der Waals surface area contributed by atoms with Gasteiger partial charge in [-0.1, -0.05) is 6.07 Å². The van der Waals surface area contributed by atoms with Crippen molar-refractivity contribution in [3.63, 3.8) is 0 Å². The molecule has 0 atom stereocenters. The average molecular weight is 365 g/mol. The molecule has 0 spiro atoms. The van der Waals surface area contributed by atoms with Crippen molar-refractivity contribution in [3.05, 3.63) is 58.9 Å². The number of benzene rings is 1. The normalized spacial score (nSPS) is 11.1. The molecule has 0 fully saturated rings. The summed E-state index contributed by atoms with van der Waals surface area (Å²) in [4.78, 5) is 16.0. The lowest BCUT2D eigenvalue weighted by atomic mass is 10.2. The first-order valence-corrected chi connectivity index (χ1v) is 9.66. The van der Waals surface area contributed by atoms with E-state index in [-0.39, 0.29) is 10.1 Å². The molecule has 0 saturated heterocycles. The lowest BCUT2D eigenvalue weighted by molar-refractivity contribution is 0.102. The van der Waals surface area contributed by atoms with E-state index < -0.39 is 10.0 Å². The molecule has 2 heterocycles. The summed E-state index contributed by atoms with van der Waals surface area (Å²) in [6, 6.07) is 9.39. The van der Waals surface area contributed by atoms with E-state index in [0.717, 1.165) is 11.3 Å². The molecule has 0 aliphatic rings. The minimum atomic E-state index is -3.58. The highest BCUT2D eigenvalue weighted by atomic mass is 32.2. The van der Waals surface area contributed by atoms with Crippen LogP contribution in [0.1, 0.15) is 10.4 Å². The summed E-state index contributed by atoms with van der Waals surface area (Å²) in [5.41, 5.74) is 0.809. The molecule has 0 unspecified atom stereocenters. The molecule has 9 heteroatoms. The van der Waals surface area contributed by atoms with Gasteiger partial charge in [-0.05, 0) is 35.7 Å². The minimum Gasteiger partial charge on any atom is -0.298 e. The predicted octanol–water partition coefficient (Wildman–Crippen LogP) is 3.26. The van der Waals surface area contributed by atoms with Crippen LogP contribution in [0.5, 0.6) is 0 Å². The highest BCUT2D eigenvalue weighted by Gasteiger charge is 2.15. The monoisotopic (exact) mass is 365 g/mol. The van der Waals surface area contributed by atoms with Crippen LogP contribution in [0.3, 0.4) is 0 Å². The molecule has 118 valence electrons. The molecular formula is C14H11N3O3S3. The summed E-state index contributed by atoms with van der Waals surface area (Å²) >= 11 is 2.46. The first-order chi connectivity index (χ1) is 11.0. The van der Waals surface area contributed by atoms with E-state index in [4.69, 9.17) is 0 Å². The van der Waals surface area contributed by atoms with Gasteiger partial charge in [0.1, 0.15) is 4.21 Å². The predicted molar refractivity (Wildman–Crippen MR) is 91.6 cm³/mol. The molecule has 0 aliphatic heterocycles. The Labute approximate surface area is 140 Å². The molecule has 2 aromatic heterocycles. The molecule has 1 aromatic carbocycles. The number of nitrogens with zero attached hydrogens (tertiary/aromatic N) is 1. The zero-order valence-electron chi connectivity index (χ0n) is 11.6. The summed E-state index contributed by atoms with van der Waals surface area (Å²) in [7, 11) is -3.58. The number of carbonyl (C=O) groups is 1. The summed E-state index contributed by atoms with van der Waals surface area (Å²) < 4.78 is 26.9. The van der Waals surface area contributed by atoms with Crippen LogP contribution in [0.4, 0.5) is 10.8 Å². The zero-order valence-corrected chi connectivity index (χ0v) is 14.0. The average Bonchev–Trinajstić information content (AvgIpc) is 3.21. The van der Waals surface area contributed by atoms with Gasteiger partial charge in [0.15, 0.2) is 5.13 Å². The van der Waals surface area contributed by atoms with Crippen LogP contribution in [0.15, 0.2) is 57.6 Å². The topological polar surface area (TPSA) is 88.2 Å². The quantitative estimate of drug-likeness (QED) is 0.726. The minimum absolute atomic E-state index is 0.239. The standard InChI is InChI=1S/C14H11N3O3S3/c18-13(16-14-15-7-9-22-14)10-3-5-11(6-4-10)17-23(19,20)12-2-1-8-21-12/h1-9,17H,(H,15,16,18). The van der Waals surface area contributed by atoms with Gasteiger partial charge < -0.3 is 0 Å². The summed E-state index contributed by atoms with van der Waals surface area (Å²) in [6.07, 6.45) is 1.60. The molecule has 0 bridgehead atoms. The molecule has 3 rings (SSSR count). The lowest BCUT2D eigenvalue weighted by Crippen LogP contribution is -2.13. The SMILES string of the molecule is O=C(Nc1nccs1)c1ccc(NS(=O)(=O)c2cccs2)cc1. The lowest BCUT2D eigenvalue weighted by Gasteiger charge is -2.07. The first-order valence-electron chi connectivity index (χ1n) is 6.42. The van der Waals surface area contributed by atoms with E-state index in [0.29, 0.717) is 16.4 Å². The van der Waals surface area contributed by atoms with Gasteiger partial charge in [0.25, 0.3) is 15.9 Å².